The van der Waals surface area contributed by atoms with Crippen LogP contribution in [0.2, 0.25) is 0 Å². The standard InChI is InChI=1S/C10H10INO2/c11-8-4-2-1-3-7(8)9-5-12-10(13)6-14-9/h1-4,9H,5-6H2,(H,12,13). The molecule has 2 rings (SSSR count). The summed E-state index contributed by atoms with van der Waals surface area (Å²) >= 11 is 2.28. The van der Waals surface area contributed by atoms with Gasteiger partial charge in [0.15, 0.2) is 0 Å². The summed E-state index contributed by atoms with van der Waals surface area (Å²) in [5.74, 6) is -0.0350. The number of hydrogen-bond donors (Lipinski definition) is 1. The van der Waals surface area contributed by atoms with Crippen LogP contribution in [-0.2, 0) is 9.53 Å². The third kappa shape index (κ3) is 2.06. The molecule has 1 amide bonds. The highest BCUT2D eigenvalue weighted by Crippen LogP contribution is 2.23. The third-order valence-electron chi connectivity index (χ3n) is 2.15. The molecule has 0 bridgehead atoms. The molecule has 0 aliphatic carbocycles. The van der Waals surface area contributed by atoms with Crippen molar-refractivity contribution in [2.75, 3.05) is 13.2 Å². The number of ether oxygens (including phenoxy) is 1. The maximum Gasteiger partial charge on any atom is 0.246 e. The van der Waals surface area contributed by atoms with Gasteiger partial charge in [0.05, 0.1) is 0 Å². The van der Waals surface area contributed by atoms with Crippen LogP contribution in [0.3, 0.4) is 0 Å². The van der Waals surface area contributed by atoms with Crippen LogP contribution in [0.4, 0.5) is 0 Å². The zero-order chi connectivity index (χ0) is 9.97. The van der Waals surface area contributed by atoms with E-state index in [-0.39, 0.29) is 18.6 Å². The third-order valence-corrected chi connectivity index (χ3v) is 3.13. The van der Waals surface area contributed by atoms with E-state index < -0.39 is 0 Å². The summed E-state index contributed by atoms with van der Waals surface area (Å²) in [6, 6.07) is 8.05. The van der Waals surface area contributed by atoms with Crippen LogP contribution in [0, 0.1) is 3.57 Å². The smallest absolute Gasteiger partial charge is 0.246 e. The van der Waals surface area contributed by atoms with Gasteiger partial charge in [-0.2, -0.15) is 0 Å². The van der Waals surface area contributed by atoms with E-state index in [4.69, 9.17) is 4.74 Å². The summed E-state index contributed by atoms with van der Waals surface area (Å²) in [5, 5.41) is 2.79. The van der Waals surface area contributed by atoms with Gasteiger partial charge in [-0.05, 0) is 34.2 Å². The van der Waals surface area contributed by atoms with Crippen molar-refractivity contribution in [3.63, 3.8) is 0 Å². The van der Waals surface area contributed by atoms with Gasteiger partial charge in [0.1, 0.15) is 12.7 Å². The van der Waals surface area contributed by atoms with Gasteiger partial charge in [0.25, 0.3) is 0 Å². The lowest BCUT2D eigenvalue weighted by Crippen LogP contribution is -2.38. The molecular formula is C10H10INO2. The van der Waals surface area contributed by atoms with Crippen molar-refractivity contribution in [3.8, 4) is 0 Å². The molecule has 0 saturated carbocycles. The van der Waals surface area contributed by atoms with Crippen LogP contribution < -0.4 is 5.32 Å². The number of morpholine rings is 1. The van der Waals surface area contributed by atoms with Crippen molar-refractivity contribution in [2.45, 2.75) is 6.10 Å². The van der Waals surface area contributed by atoms with E-state index in [1.54, 1.807) is 0 Å². The zero-order valence-electron chi connectivity index (χ0n) is 7.50. The molecular weight excluding hydrogens is 293 g/mol. The van der Waals surface area contributed by atoms with Crippen molar-refractivity contribution >= 4 is 28.5 Å². The van der Waals surface area contributed by atoms with Crippen LogP contribution in [0.15, 0.2) is 24.3 Å². The van der Waals surface area contributed by atoms with Crippen molar-refractivity contribution in [1.82, 2.24) is 5.32 Å². The second-order valence-corrected chi connectivity index (χ2v) is 4.29. The van der Waals surface area contributed by atoms with Crippen LogP contribution >= 0.6 is 22.6 Å². The molecule has 1 aliphatic rings. The normalized spacial score (nSPS) is 21.8. The monoisotopic (exact) mass is 303 g/mol. The topological polar surface area (TPSA) is 38.3 Å². The first-order chi connectivity index (χ1) is 6.77. The molecule has 1 aromatic rings. The van der Waals surface area contributed by atoms with Gasteiger partial charge in [-0.25, -0.2) is 0 Å². The number of carbonyl (C=O) groups is 1. The van der Waals surface area contributed by atoms with Crippen LogP contribution in [0.1, 0.15) is 11.7 Å². The molecule has 14 heavy (non-hydrogen) atoms. The average Bonchev–Trinajstić information content (AvgIpc) is 2.20. The molecule has 0 radical (unpaired) electrons. The zero-order valence-corrected chi connectivity index (χ0v) is 9.65. The number of rotatable bonds is 1. The van der Waals surface area contributed by atoms with Gasteiger partial charge >= 0.3 is 0 Å². The van der Waals surface area contributed by atoms with Gasteiger partial charge in [-0.3, -0.25) is 4.79 Å². The van der Waals surface area contributed by atoms with E-state index in [2.05, 4.69) is 27.9 Å². The molecule has 0 spiro atoms. The van der Waals surface area contributed by atoms with E-state index >= 15 is 0 Å². The molecule has 1 saturated heterocycles. The Hall–Kier alpha value is -0.620. The summed E-state index contributed by atoms with van der Waals surface area (Å²) in [5.41, 5.74) is 1.15. The summed E-state index contributed by atoms with van der Waals surface area (Å²) in [4.78, 5) is 10.9. The quantitative estimate of drug-likeness (QED) is 0.798. The summed E-state index contributed by atoms with van der Waals surface area (Å²) < 4.78 is 6.61. The Morgan fingerprint density at radius 1 is 1.43 bits per heavy atom. The van der Waals surface area contributed by atoms with Gasteiger partial charge in [-0.15, -0.1) is 0 Å². The predicted molar refractivity (Wildman–Crippen MR) is 60.9 cm³/mol. The number of halogens is 1. The molecule has 1 N–H and O–H groups in total. The first-order valence-electron chi connectivity index (χ1n) is 4.40. The van der Waals surface area contributed by atoms with Crippen LogP contribution in [0.25, 0.3) is 0 Å². The Morgan fingerprint density at radius 2 is 2.21 bits per heavy atom. The number of nitrogens with one attached hydrogen (secondary N) is 1. The fourth-order valence-corrected chi connectivity index (χ4v) is 2.16. The Bertz CT molecular complexity index is 344. The molecule has 1 heterocycles. The Morgan fingerprint density at radius 3 is 2.86 bits per heavy atom. The highest BCUT2D eigenvalue weighted by Gasteiger charge is 2.21. The minimum absolute atomic E-state index is 0.000741. The van der Waals surface area contributed by atoms with Crippen molar-refractivity contribution < 1.29 is 9.53 Å². The fourth-order valence-electron chi connectivity index (χ4n) is 1.43. The molecule has 1 aliphatic heterocycles. The lowest BCUT2D eigenvalue weighted by Gasteiger charge is -2.24. The molecule has 1 fully saturated rings. The molecule has 74 valence electrons. The van der Waals surface area contributed by atoms with E-state index in [1.807, 2.05) is 24.3 Å². The number of hydrogen-bond acceptors (Lipinski definition) is 2. The SMILES string of the molecule is O=C1COC(c2ccccc2I)CN1. The number of carbonyl (C=O) groups excluding carboxylic acids is 1. The second kappa shape index (κ2) is 4.27. The number of benzene rings is 1. The lowest BCUT2D eigenvalue weighted by atomic mass is 10.1. The Labute approximate surface area is 96.0 Å². The summed E-state index contributed by atoms with van der Waals surface area (Å²) in [6.07, 6.45) is 0.000741. The second-order valence-electron chi connectivity index (χ2n) is 3.13. The number of amides is 1. The molecule has 3 nitrogen and oxygen atoms in total. The average molecular weight is 303 g/mol. The Balaban J connectivity index is 2.16. The largest absolute Gasteiger partial charge is 0.362 e. The lowest BCUT2D eigenvalue weighted by molar-refractivity contribution is -0.133. The highest BCUT2D eigenvalue weighted by molar-refractivity contribution is 14.1. The van der Waals surface area contributed by atoms with E-state index in [0.717, 1.165) is 5.56 Å². The van der Waals surface area contributed by atoms with Crippen LogP contribution in [-0.4, -0.2) is 19.1 Å². The van der Waals surface area contributed by atoms with E-state index in [9.17, 15) is 4.79 Å². The van der Waals surface area contributed by atoms with Crippen molar-refractivity contribution in [1.29, 1.82) is 0 Å². The maximum atomic E-state index is 10.9. The first kappa shape index (κ1) is 9.92. The maximum absolute atomic E-state index is 10.9. The van der Waals surface area contributed by atoms with E-state index in [0.29, 0.717) is 6.54 Å². The minimum Gasteiger partial charge on any atom is -0.362 e. The highest BCUT2D eigenvalue weighted by atomic mass is 127. The van der Waals surface area contributed by atoms with Crippen LogP contribution in [0.5, 0.6) is 0 Å². The first-order valence-corrected chi connectivity index (χ1v) is 5.48. The predicted octanol–water partition coefficient (Wildman–Crippen LogP) is 1.48. The van der Waals surface area contributed by atoms with Gasteiger partial charge in [-0.1, -0.05) is 18.2 Å². The molecule has 0 aromatic heterocycles. The van der Waals surface area contributed by atoms with Gasteiger partial charge in [0.2, 0.25) is 5.91 Å². The fraction of sp³-hybridized carbons (Fsp3) is 0.300. The molecule has 1 atom stereocenters. The Kier molecular flexibility index (Phi) is 3.02. The van der Waals surface area contributed by atoms with E-state index in [1.165, 1.54) is 3.57 Å². The van der Waals surface area contributed by atoms with Crippen molar-refractivity contribution in [3.05, 3.63) is 33.4 Å². The molecule has 1 aromatic carbocycles. The summed E-state index contributed by atoms with van der Waals surface area (Å²) in [7, 11) is 0. The summed E-state index contributed by atoms with van der Waals surface area (Å²) in [6.45, 7) is 0.731. The van der Waals surface area contributed by atoms with Gasteiger partial charge in [0, 0.05) is 10.1 Å². The molecule has 1 unspecified atom stereocenters. The van der Waals surface area contributed by atoms with Crippen molar-refractivity contribution in [2.24, 2.45) is 0 Å². The minimum atomic E-state index is -0.0350. The van der Waals surface area contributed by atoms with Gasteiger partial charge < -0.3 is 10.1 Å². The molecule has 4 heteroatoms.